The maximum atomic E-state index is 12.2. The van der Waals surface area contributed by atoms with Gasteiger partial charge in [0.15, 0.2) is 0 Å². The first kappa shape index (κ1) is 15.3. The number of amides is 1. The lowest BCUT2D eigenvalue weighted by Crippen LogP contribution is -2.63. The average molecular weight is 294 g/mol. The molecule has 4 nitrogen and oxygen atoms in total. The molecule has 3 rings (SSSR count). The quantitative estimate of drug-likeness (QED) is 0.785. The van der Waals surface area contributed by atoms with Crippen molar-refractivity contribution in [2.24, 2.45) is 17.8 Å². The predicted molar refractivity (Wildman–Crippen MR) is 82.8 cm³/mol. The number of hydrogen-bond donors (Lipinski definition) is 2. The van der Waals surface area contributed by atoms with Gasteiger partial charge in [0.2, 0.25) is 5.91 Å². The summed E-state index contributed by atoms with van der Waals surface area (Å²) < 4.78 is 0. The monoisotopic (exact) mass is 294 g/mol. The number of carbonyl (C=O) groups is 1. The molecule has 3 aliphatic rings. The third kappa shape index (κ3) is 3.26. The van der Waals surface area contributed by atoms with Gasteiger partial charge in [-0.05, 0) is 50.4 Å². The molecule has 2 bridgehead atoms. The van der Waals surface area contributed by atoms with Gasteiger partial charge in [0.25, 0.3) is 0 Å². The van der Waals surface area contributed by atoms with Crippen LogP contribution in [-0.4, -0.2) is 47.2 Å². The fourth-order valence-corrected chi connectivity index (χ4v) is 5.04. The summed E-state index contributed by atoms with van der Waals surface area (Å²) in [5.74, 6) is 2.60. The maximum Gasteiger partial charge on any atom is 0.234 e. The number of aliphatic hydroxyl groups is 1. The van der Waals surface area contributed by atoms with E-state index in [1.54, 1.807) is 0 Å². The SMILES string of the molecule is CCCC1(O)CN(CC(=O)NC(C)C2CC3CCC2C3)C1. The highest BCUT2D eigenvalue weighted by Crippen LogP contribution is 2.49. The normalized spacial score (nSPS) is 35.5. The zero-order chi connectivity index (χ0) is 15.0. The molecule has 1 amide bonds. The number of β-amino-alcohol motifs (C(OH)–C–C–N with tert-alkyl or cyclic N) is 1. The molecule has 4 unspecified atom stereocenters. The van der Waals surface area contributed by atoms with Crippen LogP contribution in [0.4, 0.5) is 0 Å². The van der Waals surface area contributed by atoms with Gasteiger partial charge in [0.05, 0.1) is 12.1 Å². The van der Waals surface area contributed by atoms with Gasteiger partial charge in [-0.1, -0.05) is 19.8 Å². The van der Waals surface area contributed by atoms with Crippen molar-refractivity contribution in [2.45, 2.75) is 64.0 Å². The summed E-state index contributed by atoms with van der Waals surface area (Å²) in [6.45, 7) is 6.00. The predicted octanol–water partition coefficient (Wildman–Crippen LogP) is 1.77. The number of fused-ring (bicyclic) bond motifs is 2. The smallest absolute Gasteiger partial charge is 0.234 e. The number of nitrogens with one attached hydrogen (secondary N) is 1. The summed E-state index contributed by atoms with van der Waals surface area (Å²) >= 11 is 0. The standard InChI is InChI=1S/C17H30N2O2/c1-3-6-17(21)10-19(11-17)9-16(20)18-12(2)15-8-13-4-5-14(15)7-13/h12-15,21H,3-11H2,1-2H3,(H,18,20). The molecule has 4 atom stereocenters. The second kappa shape index (κ2) is 5.88. The van der Waals surface area contributed by atoms with Gasteiger partial charge >= 0.3 is 0 Å². The Morgan fingerprint density at radius 3 is 2.71 bits per heavy atom. The van der Waals surface area contributed by atoms with Crippen LogP contribution in [0.2, 0.25) is 0 Å². The lowest BCUT2D eigenvalue weighted by atomic mass is 9.84. The van der Waals surface area contributed by atoms with E-state index in [0.29, 0.717) is 31.6 Å². The molecule has 2 aliphatic carbocycles. The first-order valence-electron chi connectivity index (χ1n) is 8.73. The molecule has 2 N–H and O–H groups in total. The number of nitrogens with zero attached hydrogens (tertiary/aromatic N) is 1. The molecular formula is C17H30N2O2. The Balaban J connectivity index is 1.39. The minimum atomic E-state index is -0.536. The van der Waals surface area contributed by atoms with Crippen LogP contribution in [-0.2, 0) is 4.79 Å². The van der Waals surface area contributed by atoms with Crippen molar-refractivity contribution in [3.05, 3.63) is 0 Å². The molecule has 0 aromatic heterocycles. The fraction of sp³-hybridized carbons (Fsp3) is 0.941. The van der Waals surface area contributed by atoms with Crippen molar-refractivity contribution < 1.29 is 9.90 Å². The van der Waals surface area contributed by atoms with Crippen LogP contribution in [0.15, 0.2) is 0 Å². The average Bonchev–Trinajstić information content (AvgIpc) is 2.99. The Morgan fingerprint density at radius 1 is 1.38 bits per heavy atom. The summed E-state index contributed by atoms with van der Waals surface area (Å²) in [5.41, 5.74) is -0.536. The molecule has 0 aromatic rings. The van der Waals surface area contributed by atoms with E-state index < -0.39 is 5.60 Å². The van der Waals surface area contributed by atoms with Crippen molar-refractivity contribution in [1.82, 2.24) is 10.2 Å². The highest BCUT2D eigenvalue weighted by atomic mass is 16.3. The Kier molecular flexibility index (Phi) is 4.28. The van der Waals surface area contributed by atoms with Crippen LogP contribution in [0.1, 0.15) is 52.4 Å². The third-order valence-electron chi connectivity index (χ3n) is 5.94. The minimum Gasteiger partial charge on any atom is -0.387 e. The Bertz CT molecular complexity index is 392. The van der Waals surface area contributed by atoms with E-state index >= 15 is 0 Å². The zero-order valence-corrected chi connectivity index (χ0v) is 13.5. The molecule has 1 heterocycles. The van der Waals surface area contributed by atoms with Crippen molar-refractivity contribution in [3.8, 4) is 0 Å². The fourth-order valence-electron chi connectivity index (χ4n) is 5.04. The molecule has 0 spiro atoms. The van der Waals surface area contributed by atoms with Crippen molar-refractivity contribution in [2.75, 3.05) is 19.6 Å². The summed E-state index contributed by atoms with van der Waals surface area (Å²) in [7, 11) is 0. The number of likely N-dealkylation sites (tertiary alicyclic amines) is 1. The van der Waals surface area contributed by atoms with E-state index in [-0.39, 0.29) is 5.91 Å². The molecule has 1 saturated heterocycles. The van der Waals surface area contributed by atoms with Gasteiger partial charge in [-0.15, -0.1) is 0 Å². The van der Waals surface area contributed by atoms with E-state index in [2.05, 4.69) is 24.1 Å². The van der Waals surface area contributed by atoms with Crippen LogP contribution in [0.3, 0.4) is 0 Å². The highest BCUT2D eigenvalue weighted by molar-refractivity contribution is 5.78. The largest absolute Gasteiger partial charge is 0.387 e. The van der Waals surface area contributed by atoms with Crippen LogP contribution in [0, 0.1) is 17.8 Å². The van der Waals surface area contributed by atoms with E-state index in [1.807, 2.05) is 0 Å². The van der Waals surface area contributed by atoms with Crippen LogP contribution >= 0.6 is 0 Å². The summed E-state index contributed by atoms with van der Waals surface area (Å²) in [4.78, 5) is 14.2. The molecule has 4 heteroatoms. The van der Waals surface area contributed by atoms with Gasteiger partial charge in [-0.25, -0.2) is 0 Å². The number of carbonyl (C=O) groups excluding carboxylic acids is 1. The number of hydrogen-bond acceptors (Lipinski definition) is 3. The van der Waals surface area contributed by atoms with E-state index in [4.69, 9.17) is 0 Å². The van der Waals surface area contributed by atoms with Crippen molar-refractivity contribution in [3.63, 3.8) is 0 Å². The molecule has 0 aromatic carbocycles. The van der Waals surface area contributed by atoms with Gasteiger partial charge in [-0.3, -0.25) is 9.69 Å². The molecule has 120 valence electrons. The van der Waals surface area contributed by atoms with Gasteiger partial charge < -0.3 is 10.4 Å². The molecular weight excluding hydrogens is 264 g/mol. The first-order valence-corrected chi connectivity index (χ1v) is 8.73. The lowest BCUT2D eigenvalue weighted by Gasteiger charge is -2.46. The summed E-state index contributed by atoms with van der Waals surface area (Å²) in [6, 6.07) is 0.309. The topological polar surface area (TPSA) is 52.6 Å². The van der Waals surface area contributed by atoms with Crippen molar-refractivity contribution in [1.29, 1.82) is 0 Å². The van der Waals surface area contributed by atoms with E-state index in [0.717, 1.165) is 24.7 Å². The Hall–Kier alpha value is -0.610. The second-order valence-corrected chi connectivity index (χ2v) is 7.81. The maximum absolute atomic E-state index is 12.2. The highest BCUT2D eigenvalue weighted by Gasteiger charge is 2.43. The summed E-state index contributed by atoms with van der Waals surface area (Å²) in [6.07, 6.45) is 7.31. The third-order valence-corrected chi connectivity index (χ3v) is 5.94. The molecule has 2 saturated carbocycles. The van der Waals surface area contributed by atoms with Crippen molar-refractivity contribution >= 4 is 5.91 Å². The van der Waals surface area contributed by atoms with E-state index in [1.165, 1.54) is 25.7 Å². The van der Waals surface area contributed by atoms with Gasteiger partial charge in [-0.2, -0.15) is 0 Å². The Morgan fingerprint density at radius 2 is 2.14 bits per heavy atom. The van der Waals surface area contributed by atoms with Crippen LogP contribution in [0.5, 0.6) is 0 Å². The second-order valence-electron chi connectivity index (χ2n) is 7.81. The lowest BCUT2D eigenvalue weighted by molar-refractivity contribution is -0.134. The Labute approximate surface area is 128 Å². The first-order chi connectivity index (χ1) is 9.99. The minimum absolute atomic E-state index is 0.129. The molecule has 21 heavy (non-hydrogen) atoms. The molecule has 1 aliphatic heterocycles. The number of rotatable bonds is 6. The molecule has 0 radical (unpaired) electrons. The molecule has 3 fully saturated rings. The zero-order valence-electron chi connectivity index (χ0n) is 13.5. The van der Waals surface area contributed by atoms with Gasteiger partial charge in [0, 0.05) is 19.1 Å². The summed E-state index contributed by atoms with van der Waals surface area (Å²) in [5, 5.41) is 13.3. The van der Waals surface area contributed by atoms with Crippen LogP contribution < -0.4 is 5.32 Å². The van der Waals surface area contributed by atoms with Gasteiger partial charge in [0.1, 0.15) is 0 Å². The van der Waals surface area contributed by atoms with Crippen LogP contribution in [0.25, 0.3) is 0 Å². The van der Waals surface area contributed by atoms with E-state index in [9.17, 15) is 9.90 Å².